The number of carbonyl (C=O) groups is 1. The molecular formula is C13H15NO3. The first-order valence-corrected chi connectivity index (χ1v) is 5.47. The maximum absolute atomic E-state index is 11.1. The standard InChI is InChI=1S/C13H15NO3/c1-7(2)9-4-8(15)5-11-10(9)6-12(13(16)17)14(11)3/h4-7,15H,1-3H3,(H,16,17). The fraction of sp³-hybridized carbons (Fsp3) is 0.308. The summed E-state index contributed by atoms with van der Waals surface area (Å²) < 4.78 is 1.59. The van der Waals surface area contributed by atoms with Crippen molar-refractivity contribution in [2.75, 3.05) is 0 Å². The molecule has 0 radical (unpaired) electrons. The Morgan fingerprint density at radius 3 is 2.47 bits per heavy atom. The van der Waals surface area contributed by atoms with E-state index in [0.717, 1.165) is 16.5 Å². The molecule has 4 nitrogen and oxygen atoms in total. The first kappa shape index (κ1) is 11.5. The summed E-state index contributed by atoms with van der Waals surface area (Å²) in [5.41, 5.74) is 1.93. The predicted molar refractivity (Wildman–Crippen MR) is 65.6 cm³/mol. The summed E-state index contributed by atoms with van der Waals surface area (Å²) in [7, 11) is 1.69. The van der Waals surface area contributed by atoms with Crippen LogP contribution in [0.2, 0.25) is 0 Å². The van der Waals surface area contributed by atoms with Gasteiger partial charge in [-0.25, -0.2) is 4.79 Å². The van der Waals surface area contributed by atoms with Gasteiger partial charge in [0.05, 0.1) is 5.52 Å². The van der Waals surface area contributed by atoms with Gasteiger partial charge in [0, 0.05) is 18.5 Å². The second-order valence-corrected chi connectivity index (χ2v) is 4.52. The number of carboxylic acids is 1. The third kappa shape index (κ3) is 1.75. The Bertz CT molecular complexity index is 596. The van der Waals surface area contributed by atoms with Crippen LogP contribution in [-0.2, 0) is 7.05 Å². The lowest BCUT2D eigenvalue weighted by Gasteiger charge is -2.08. The van der Waals surface area contributed by atoms with Gasteiger partial charge < -0.3 is 14.8 Å². The van der Waals surface area contributed by atoms with Crippen molar-refractivity contribution in [2.45, 2.75) is 19.8 Å². The Kier molecular flexibility index (Phi) is 2.58. The fourth-order valence-electron chi connectivity index (χ4n) is 2.13. The number of hydrogen-bond acceptors (Lipinski definition) is 2. The van der Waals surface area contributed by atoms with Gasteiger partial charge in [-0.05, 0) is 23.6 Å². The van der Waals surface area contributed by atoms with Gasteiger partial charge in [-0.15, -0.1) is 0 Å². The van der Waals surface area contributed by atoms with Crippen molar-refractivity contribution in [1.29, 1.82) is 0 Å². The summed E-state index contributed by atoms with van der Waals surface area (Å²) in [6, 6.07) is 4.94. The molecule has 90 valence electrons. The average Bonchev–Trinajstić information content (AvgIpc) is 2.55. The molecule has 1 aromatic carbocycles. The number of aryl methyl sites for hydroxylation is 1. The molecular weight excluding hydrogens is 218 g/mol. The molecule has 0 bridgehead atoms. The van der Waals surface area contributed by atoms with Crippen LogP contribution in [0.25, 0.3) is 10.9 Å². The zero-order chi connectivity index (χ0) is 12.7. The molecule has 2 N–H and O–H groups in total. The SMILES string of the molecule is CC(C)c1cc(O)cc2c1cc(C(=O)O)n2C. The minimum atomic E-state index is -0.960. The largest absolute Gasteiger partial charge is 0.508 e. The molecule has 0 aliphatic heterocycles. The molecule has 0 amide bonds. The quantitative estimate of drug-likeness (QED) is 0.838. The number of aromatic carboxylic acids is 1. The number of phenolic OH excluding ortho intramolecular Hbond substituents is 1. The van der Waals surface area contributed by atoms with Crippen molar-refractivity contribution in [1.82, 2.24) is 4.57 Å². The molecule has 1 aromatic heterocycles. The molecule has 0 saturated heterocycles. The van der Waals surface area contributed by atoms with Crippen LogP contribution in [0.1, 0.15) is 35.8 Å². The molecule has 2 aromatic rings. The lowest BCUT2D eigenvalue weighted by molar-refractivity contribution is 0.0687. The molecule has 17 heavy (non-hydrogen) atoms. The van der Waals surface area contributed by atoms with E-state index in [1.807, 2.05) is 13.8 Å². The van der Waals surface area contributed by atoms with Crippen molar-refractivity contribution < 1.29 is 15.0 Å². The van der Waals surface area contributed by atoms with Crippen molar-refractivity contribution in [3.63, 3.8) is 0 Å². The molecule has 0 atom stereocenters. The lowest BCUT2D eigenvalue weighted by atomic mass is 9.99. The first-order chi connectivity index (χ1) is 7.91. The number of rotatable bonds is 2. The fourth-order valence-corrected chi connectivity index (χ4v) is 2.13. The van der Waals surface area contributed by atoms with Gasteiger partial charge in [0.15, 0.2) is 0 Å². The number of phenols is 1. The Morgan fingerprint density at radius 2 is 1.94 bits per heavy atom. The minimum Gasteiger partial charge on any atom is -0.508 e. The first-order valence-electron chi connectivity index (χ1n) is 5.47. The van der Waals surface area contributed by atoms with Crippen LogP contribution in [0.4, 0.5) is 0 Å². The van der Waals surface area contributed by atoms with Crippen LogP contribution < -0.4 is 0 Å². The number of carboxylic acid groups (broad SMARTS) is 1. The second kappa shape index (κ2) is 3.80. The normalized spacial score (nSPS) is 11.3. The van der Waals surface area contributed by atoms with E-state index in [1.165, 1.54) is 0 Å². The second-order valence-electron chi connectivity index (χ2n) is 4.52. The zero-order valence-corrected chi connectivity index (χ0v) is 10.1. The summed E-state index contributed by atoms with van der Waals surface area (Å²) in [5.74, 6) is -0.564. The van der Waals surface area contributed by atoms with E-state index in [0.29, 0.717) is 0 Å². The molecule has 0 aliphatic carbocycles. The number of benzene rings is 1. The van der Waals surface area contributed by atoms with Gasteiger partial charge in [-0.2, -0.15) is 0 Å². The molecule has 0 aliphatic rings. The van der Waals surface area contributed by atoms with Gasteiger partial charge in [-0.1, -0.05) is 13.8 Å². The summed E-state index contributed by atoms with van der Waals surface area (Å²) in [6.45, 7) is 4.03. The average molecular weight is 233 g/mol. The Labute approximate surface area is 99.1 Å². The highest BCUT2D eigenvalue weighted by Gasteiger charge is 2.16. The van der Waals surface area contributed by atoms with E-state index in [9.17, 15) is 9.90 Å². The van der Waals surface area contributed by atoms with E-state index in [1.54, 1.807) is 29.8 Å². The van der Waals surface area contributed by atoms with E-state index in [2.05, 4.69) is 0 Å². The highest BCUT2D eigenvalue weighted by atomic mass is 16.4. The highest BCUT2D eigenvalue weighted by Crippen LogP contribution is 2.31. The van der Waals surface area contributed by atoms with Crippen molar-refractivity contribution in [3.05, 3.63) is 29.5 Å². The minimum absolute atomic E-state index is 0.166. The maximum atomic E-state index is 11.1. The number of nitrogens with zero attached hydrogens (tertiary/aromatic N) is 1. The number of fused-ring (bicyclic) bond motifs is 1. The highest BCUT2D eigenvalue weighted by molar-refractivity contribution is 5.96. The maximum Gasteiger partial charge on any atom is 0.352 e. The van der Waals surface area contributed by atoms with Gasteiger partial charge in [0.25, 0.3) is 0 Å². The van der Waals surface area contributed by atoms with E-state index in [-0.39, 0.29) is 17.4 Å². The van der Waals surface area contributed by atoms with Gasteiger partial charge in [-0.3, -0.25) is 0 Å². The van der Waals surface area contributed by atoms with Gasteiger partial charge in [0.2, 0.25) is 0 Å². The van der Waals surface area contributed by atoms with Crippen LogP contribution in [-0.4, -0.2) is 20.7 Å². The zero-order valence-electron chi connectivity index (χ0n) is 10.1. The molecule has 0 spiro atoms. The van der Waals surface area contributed by atoms with Crippen LogP contribution in [0, 0.1) is 0 Å². The summed E-state index contributed by atoms with van der Waals surface area (Å²) in [4.78, 5) is 11.1. The molecule has 0 fully saturated rings. The summed E-state index contributed by atoms with van der Waals surface area (Å²) >= 11 is 0. The van der Waals surface area contributed by atoms with Crippen LogP contribution in [0.15, 0.2) is 18.2 Å². The monoisotopic (exact) mass is 233 g/mol. The van der Waals surface area contributed by atoms with Crippen LogP contribution >= 0.6 is 0 Å². The number of aromatic hydroxyl groups is 1. The molecule has 1 heterocycles. The number of hydrogen-bond donors (Lipinski definition) is 2. The van der Waals surface area contributed by atoms with E-state index >= 15 is 0 Å². The van der Waals surface area contributed by atoms with E-state index < -0.39 is 5.97 Å². The van der Waals surface area contributed by atoms with Crippen LogP contribution in [0.3, 0.4) is 0 Å². The molecule has 2 rings (SSSR count). The smallest absolute Gasteiger partial charge is 0.352 e. The predicted octanol–water partition coefficient (Wildman–Crippen LogP) is 2.71. The molecule has 0 saturated carbocycles. The van der Waals surface area contributed by atoms with Crippen molar-refractivity contribution in [2.24, 2.45) is 7.05 Å². The third-order valence-corrected chi connectivity index (χ3v) is 3.02. The molecule has 0 unspecified atom stereocenters. The van der Waals surface area contributed by atoms with E-state index in [4.69, 9.17) is 5.11 Å². The Balaban J connectivity index is 2.85. The lowest BCUT2D eigenvalue weighted by Crippen LogP contribution is -2.03. The molecule has 4 heteroatoms. The number of aromatic nitrogens is 1. The summed E-state index contributed by atoms with van der Waals surface area (Å²) in [5, 5.41) is 19.6. The Morgan fingerprint density at radius 1 is 1.29 bits per heavy atom. The summed E-state index contributed by atoms with van der Waals surface area (Å²) in [6.07, 6.45) is 0. The van der Waals surface area contributed by atoms with Gasteiger partial charge >= 0.3 is 5.97 Å². The van der Waals surface area contributed by atoms with Gasteiger partial charge in [0.1, 0.15) is 11.4 Å². The third-order valence-electron chi connectivity index (χ3n) is 3.02. The topological polar surface area (TPSA) is 62.5 Å². The Hall–Kier alpha value is -1.97. The van der Waals surface area contributed by atoms with Crippen molar-refractivity contribution >= 4 is 16.9 Å². The van der Waals surface area contributed by atoms with Crippen molar-refractivity contribution in [3.8, 4) is 5.75 Å². The van der Waals surface area contributed by atoms with Crippen LogP contribution in [0.5, 0.6) is 5.75 Å².